The van der Waals surface area contributed by atoms with Crippen LogP contribution in [0, 0.1) is 11.3 Å². The lowest BCUT2D eigenvalue weighted by Crippen LogP contribution is -2.24. The fourth-order valence-corrected chi connectivity index (χ4v) is 1.47. The van der Waals surface area contributed by atoms with E-state index in [9.17, 15) is 4.79 Å². The van der Waals surface area contributed by atoms with E-state index in [0.717, 1.165) is 17.3 Å². The summed E-state index contributed by atoms with van der Waals surface area (Å²) in [6.45, 7) is 2.39. The van der Waals surface area contributed by atoms with E-state index in [1.165, 1.54) is 4.68 Å². The van der Waals surface area contributed by atoms with Crippen molar-refractivity contribution < 1.29 is 9.53 Å². The largest absolute Gasteiger partial charge is 0.448 e. The number of nitrogens with zero attached hydrogens (tertiary/aromatic N) is 2. The summed E-state index contributed by atoms with van der Waals surface area (Å²) < 4.78 is 6.94. The molecular formula is C10H12BrN3O2. The summed E-state index contributed by atoms with van der Waals surface area (Å²) in [7, 11) is 0. The lowest BCUT2D eigenvalue weighted by molar-refractivity contribution is 0.156. The Morgan fingerprint density at radius 1 is 1.75 bits per heavy atom. The summed E-state index contributed by atoms with van der Waals surface area (Å²) in [6, 6.07) is 3.56. The molecular weight excluding hydrogens is 274 g/mol. The zero-order valence-electron chi connectivity index (χ0n) is 8.86. The number of aromatic nitrogens is 1. The first-order valence-corrected chi connectivity index (χ1v) is 5.68. The Kier molecular flexibility index (Phi) is 4.86. The topological polar surface area (TPSA) is 67.0 Å². The molecule has 0 saturated carbocycles. The van der Waals surface area contributed by atoms with Crippen LogP contribution < -0.4 is 5.43 Å². The Balaban J connectivity index is 2.53. The van der Waals surface area contributed by atoms with Gasteiger partial charge >= 0.3 is 6.09 Å². The third kappa shape index (κ3) is 3.59. The Hall–Kier alpha value is -1.48. The Morgan fingerprint density at radius 2 is 2.50 bits per heavy atom. The van der Waals surface area contributed by atoms with Crippen molar-refractivity contribution >= 4 is 22.0 Å². The predicted molar refractivity (Wildman–Crippen MR) is 62.5 cm³/mol. The molecule has 1 aromatic rings. The quantitative estimate of drug-likeness (QED) is 0.865. The van der Waals surface area contributed by atoms with Gasteiger partial charge in [-0.05, 0) is 28.4 Å². The Labute approximate surface area is 102 Å². The van der Waals surface area contributed by atoms with Crippen molar-refractivity contribution in [3.8, 4) is 6.07 Å². The molecule has 0 atom stereocenters. The number of hydrogen-bond donors (Lipinski definition) is 1. The maximum Gasteiger partial charge on any atom is 0.426 e. The van der Waals surface area contributed by atoms with E-state index in [1.807, 2.05) is 13.0 Å². The van der Waals surface area contributed by atoms with Crippen molar-refractivity contribution in [1.82, 2.24) is 4.68 Å². The minimum atomic E-state index is -0.562. The van der Waals surface area contributed by atoms with Crippen LogP contribution in [0.2, 0.25) is 0 Å². The van der Waals surface area contributed by atoms with Crippen molar-refractivity contribution in [1.29, 1.82) is 5.26 Å². The zero-order chi connectivity index (χ0) is 12.0. The van der Waals surface area contributed by atoms with Gasteiger partial charge in [0, 0.05) is 10.7 Å². The number of ether oxygens (including phenoxy) is 1. The van der Waals surface area contributed by atoms with Gasteiger partial charge in [-0.15, -0.1) is 0 Å². The highest BCUT2D eigenvalue weighted by Gasteiger charge is 2.07. The molecule has 0 unspecified atom stereocenters. The number of carbonyl (C=O) groups excluding carboxylic acids is 1. The first-order valence-electron chi connectivity index (χ1n) is 4.89. The number of halogens is 1. The van der Waals surface area contributed by atoms with Gasteiger partial charge in [-0.3, -0.25) is 0 Å². The summed E-state index contributed by atoms with van der Waals surface area (Å²) >= 11 is 3.21. The van der Waals surface area contributed by atoms with Gasteiger partial charge < -0.3 is 4.74 Å². The Morgan fingerprint density at radius 3 is 3.12 bits per heavy atom. The molecule has 0 aliphatic carbocycles. The molecule has 0 aromatic carbocycles. The molecule has 0 saturated heterocycles. The van der Waals surface area contributed by atoms with Crippen LogP contribution in [-0.4, -0.2) is 17.4 Å². The van der Waals surface area contributed by atoms with Crippen LogP contribution in [0.25, 0.3) is 0 Å². The lowest BCUT2D eigenvalue weighted by atomic mass is 10.4. The minimum Gasteiger partial charge on any atom is -0.448 e. The van der Waals surface area contributed by atoms with E-state index in [2.05, 4.69) is 21.4 Å². The summed E-state index contributed by atoms with van der Waals surface area (Å²) in [4.78, 5) is 11.3. The molecule has 0 aliphatic heterocycles. The minimum absolute atomic E-state index is 0.333. The van der Waals surface area contributed by atoms with Gasteiger partial charge in [0.2, 0.25) is 0 Å². The molecule has 6 heteroatoms. The molecule has 1 heterocycles. The first kappa shape index (κ1) is 12.6. The fraction of sp³-hybridized carbons (Fsp3) is 0.400. The molecule has 1 aromatic heterocycles. The number of carbonyl (C=O) groups is 1. The number of amides is 1. The van der Waals surface area contributed by atoms with Crippen LogP contribution in [0.5, 0.6) is 0 Å². The first-order chi connectivity index (χ1) is 7.67. The van der Waals surface area contributed by atoms with Crippen LogP contribution in [0.15, 0.2) is 16.7 Å². The summed E-state index contributed by atoms with van der Waals surface area (Å²) in [5, 5.41) is 8.78. The highest BCUT2D eigenvalue weighted by molar-refractivity contribution is 9.10. The van der Waals surface area contributed by atoms with Crippen LogP contribution in [0.4, 0.5) is 4.79 Å². The number of hydrogen-bond acceptors (Lipinski definition) is 3. The van der Waals surface area contributed by atoms with Crippen LogP contribution in [0.3, 0.4) is 0 Å². The van der Waals surface area contributed by atoms with Crippen LogP contribution >= 0.6 is 15.9 Å². The van der Waals surface area contributed by atoms with Crippen LogP contribution in [-0.2, 0) is 4.74 Å². The number of rotatable bonds is 4. The van der Waals surface area contributed by atoms with Crippen molar-refractivity contribution in [2.45, 2.75) is 19.8 Å². The van der Waals surface area contributed by atoms with E-state index < -0.39 is 6.09 Å². The third-order valence-electron chi connectivity index (χ3n) is 1.84. The van der Waals surface area contributed by atoms with E-state index in [-0.39, 0.29) is 0 Å². The standard InChI is InChI=1S/C10H12BrN3O2/c1-2-3-4-16-10(15)13-14-7-8(11)5-9(14)6-12/h5,7H,2-4H2,1H3,(H,13,15). The number of nitrogens with one attached hydrogen (secondary N) is 1. The van der Waals surface area contributed by atoms with E-state index >= 15 is 0 Å². The van der Waals surface area contributed by atoms with E-state index in [0.29, 0.717) is 12.3 Å². The molecule has 0 spiro atoms. The second-order valence-corrected chi connectivity index (χ2v) is 4.04. The van der Waals surface area contributed by atoms with Crippen molar-refractivity contribution in [2.24, 2.45) is 0 Å². The summed E-state index contributed by atoms with van der Waals surface area (Å²) in [5.41, 5.74) is 2.78. The van der Waals surface area contributed by atoms with Crippen LogP contribution in [0.1, 0.15) is 25.5 Å². The van der Waals surface area contributed by atoms with E-state index in [1.54, 1.807) is 12.3 Å². The predicted octanol–water partition coefficient (Wildman–Crippen LogP) is 2.60. The monoisotopic (exact) mass is 285 g/mol. The molecule has 86 valence electrons. The van der Waals surface area contributed by atoms with E-state index in [4.69, 9.17) is 10.00 Å². The Bertz CT molecular complexity index is 409. The van der Waals surface area contributed by atoms with Gasteiger partial charge in [0.25, 0.3) is 0 Å². The highest BCUT2D eigenvalue weighted by Crippen LogP contribution is 2.12. The lowest BCUT2D eigenvalue weighted by Gasteiger charge is -2.07. The normalized spacial score (nSPS) is 9.56. The highest BCUT2D eigenvalue weighted by atomic mass is 79.9. The molecule has 0 fully saturated rings. The molecule has 16 heavy (non-hydrogen) atoms. The SMILES string of the molecule is CCCCOC(=O)Nn1cc(Br)cc1C#N. The van der Waals surface area contributed by atoms with Gasteiger partial charge in [0.1, 0.15) is 11.8 Å². The molecule has 0 bridgehead atoms. The number of unbranched alkanes of at least 4 members (excludes halogenated alkanes) is 1. The van der Waals surface area contributed by atoms with Gasteiger partial charge in [-0.25, -0.2) is 14.9 Å². The average Bonchev–Trinajstić information content (AvgIpc) is 2.59. The molecule has 0 radical (unpaired) electrons. The smallest absolute Gasteiger partial charge is 0.426 e. The molecule has 0 aliphatic rings. The van der Waals surface area contributed by atoms with Crippen molar-refractivity contribution in [3.63, 3.8) is 0 Å². The van der Waals surface area contributed by atoms with Gasteiger partial charge in [-0.2, -0.15) is 5.26 Å². The second kappa shape index (κ2) is 6.18. The van der Waals surface area contributed by atoms with Crippen molar-refractivity contribution in [3.05, 3.63) is 22.4 Å². The molecule has 1 amide bonds. The molecule has 1 N–H and O–H groups in total. The second-order valence-electron chi connectivity index (χ2n) is 3.13. The zero-order valence-corrected chi connectivity index (χ0v) is 10.5. The van der Waals surface area contributed by atoms with Gasteiger partial charge in [0.15, 0.2) is 0 Å². The molecule has 1 rings (SSSR count). The summed E-state index contributed by atoms with van der Waals surface area (Å²) in [5.74, 6) is 0. The molecule has 5 nitrogen and oxygen atoms in total. The van der Waals surface area contributed by atoms with Crippen molar-refractivity contribution in [2.75, 3.05) is 12.0 Å². The van der Waals surface area contributed by atoms with Gasteiger partial charge in [-0.1, -0.05) is 13.3 Å². The average molecular weight is 286 g/mol. The number of nitriles is 1. The third-order valence-corrected chi connectivity index (χ3v) is 2.28. The maximum atomic E-state index is 11.3. The fourth-order valence-electron chi connectivity index (χ4n) is 1.05. The van der Waals surface area contributed by atoms with Gasteiger partial charge in [0.05, 0.1) is 6.61 Å². The maximum absolute atomic E-state index is 11.3. The summed E-state index contributed by atoms with van der Waals surface area (Å²) in [6.07, 6.45) is 2.81.